The fourth-order valence-corrected chi connectivity index (χ4v) is 4.35. The smallest absolute Gasteiger partial charge is 0.122 e. The molecule has 0 saturated carbocycles. The molecule has 0 radical (unpaired) electrons. The van der Waals surface area contributed by atoms with Crippen LogP contribution in [-0.2, 0) is 23.1 Å². The minimum Gasteiger partial charge on any atom is -0.497 e. The molecule has 0 unspecified atom stereocenters. The number of imidazole rings is 1. The van der Waals surface area contributed by atoms with Crippen LogP contribution in [0.3, 0.4) is 0 Å². The maximum absolute atomic E-state index is 6.39. The van der Waals surface area contributed by atoms with E-state index in [9.17, 15) is 0 Å². The normalized spacial score (nSPS) is 28.9. The summed E-state index contributed by atoms with van der Waals surface area (Å²) in [6.45, 7) is 3.29. The van der Waals surface area contributed by atoms with E-state index in [-0.39, 0.29) is 11.7 Å². The van der Waals surface area contributed by atoms with E-state index in [2.05, 4.69) is 32.7 Å². The minimum atomic E-state index is -0.242. The lowest BCUT2D eigenvalue weighted by molar-refractivity contribution is -0.0757. The van der Waals surface area contributed by atoms with E-state index in [1.54, 1.807) is 14.2 Å². The highest BCUT2D eigenvalue weighted by Crippen LogP contribution is 2.43. The second kappa shape index (κ2) is 7.02. The summed E-state index contributed by atoms with van der Waals surface area (Å²) < 4.78 is 19.7. The first kappa shape index (κ1) is 17.5. The first-order chi connectivity index (χ1) is 12.6. The van der Waals surface area contributed by atoms with Crippen LogP contribution in [0.15, 0.2) is 36.7 Å². The van der Waals surface area contributed by atoms with Crippen LogP contribution in [0.1, 0.15) is 23.7 Å². The molecule has 2 aliphatic rings. The number of aromatic nitrogens is 2. The number of methoxy groups -OCH3 is 2. The molecule has 2 saturated heterocycles. The van der Waals surface area contributed by atoms with Gasteiger partial charge in [0.2, 0.25) is 0 Å². The zero-order chi connectivity index (χ0) is 18.1. The van der Waals surface area contributed by atoms with Crippen molar-refractivity contribution in [2.24, 2.45) is 7.05 Å². The van der Waals surface area contributed by atoms with E-state index in [0.29, 0.717) is 5.92 Å². The van der Waals surface area contributed by atoms with Crippen LogP contribution in [0.2, 0.25) is 0 Å². The molecule has 2 fully saturated rings. The van der Waals surface area contributed by atoms with E-state index in [0.717, 1.165) is 44.2 Å². The molecule has 4 rings (SSSR count). The third kappa shape index (κ3) is 3.13. The first-order valence-electron chi connectivity index (χ1n) is 9.13. The Hall–Kier alpha value is -1.89. The number of ether oxygens (including phenoxy) is 3. The van der Waals surface area contributed by atoms with Gasteiger partial charge in [-0.25, -0.2) is 4.98 Å². The molecule has 0 aliphatic carbocycles. The summed E-state index contributed by atoms with van der Waals surface area (Å²) in [5, 5.41) is 0. The second-order valence-corrected chi connectivity index (χ2v) is 7.40. The van der Waals surface area contributed by atoms with E-state index < -0.39 is 0 Å². The van der Waals surface area contributed by atoms with Gasteiger partial charge >= 0.3 is 0 Å². The lowest BCUT2D eigenvalue weighted by Gasteiger charge is -2.28. The Morgan fingerprint density at radius 1 is 1.35 bits per heavy atom. The number of rotatable bonds is 5. The summed E-state index contributed by atoms with van der Waals surface area (Å²) in [5.41, 5.74) is 1.03. The Kier molecular flexibility index (Phi) is 4.73. The van der Waals surface area contributed by atoms with Crippen molar-refractivity contribution in [3.63, 3.8) is 0 Å². The molecule has 2 aliphatic heterocycles. The lowest BCUT2D eigenvalue weighted by Crippen LogP contribution is -2.42. The van der Waals surface area contributed by atoms with Crippen LogP contribution in [0.25, 0.3) is 0 Å². The van der Waals surface area contributed by atoms with Gasteiger partial charge in [-0.3, -0.25) is 4.90 Å². The highest BCUT2D eigenvalue weighted by atomic mass is 16.6. The Bertz CT molecular complexity index is 762. The summed E-state index contributed by atoms with van der Waals surface area (Å²) in [6, 6.07) is 8.32. The van der Waals surface area contributed by atoms with E-state index >= 15 is 0 Å². The molecule has 1 aromatic carbocycles. The van der Waals surface area contributed by atoms with Gasteiger partial charge in [-0.2, -0.15) is 0 Å². The Morgan fingerprint density at radius 2 is 2.23 bits per heavy atom. The number of aryl methyl sites for hydroxylation is 1. The fourth-order valence-electron chi connectivity index (χ4n) is 4.35. The maximum Gasteiger partial charge on any atom is 0.122 e. The molecule has 1 spiro atoms. The molecule has 0 N–H and O–H groups in total. The van der Waals surface area contributed by atoms with E-state index in [1.165, 1.54) is 5.56 Å². The molecule has 2 aromatic rings. The van der Waals surface area contributed by atoms with Gasteiger partial charge in [0.25, 0.3) is 0 Å². The molecule has 0 bridgehead atoms. The van der Waals surface area contributed by atoms with Crippen LogP contribution >= 0.6 is 0 Å². The molecule has 6 heteroatoms. The van der Waals surface area contributed by atoms with Gasteiger partial charge in [-0.05, 0) is 24.1 Å². The summed E-state index contributed by atoms with van der Waals surface area (Å²) in [5.74, 6) is 2.34. The summed E-state index contributed by atoms with van der Waals surface area (Å²) in [7, 11) is 5.53. The average Bonchev–Trinajstić information content (AvgIpc) is 3.36. The highest BCUT2D eigenvalue weighted by Gasteiger charge is 2.53. The molecule has 1 aromatic heterocycles. The molecular formula is C20H27N3O3. The van der Waals surface area contributed by atoms with Gasteiger partial charge in [-0.1, -0.05) is 12.1 Å². The van der Waals surface area contributed by atoms with Crippen molar-refractivity contribution in [3.05, 3.63) is 48.0 Å². The van der Waals surface area contributed by atoms with E-state index in [1.807, 2.05) is 25.5 Å². The number of hydrogen-bond donors (Lipinski definition) is 0. The molecule has 140 valence electrons. The minimum absolute atomic E-state index is 0.0818. The van der Waals surface area contributed by atoms with Gasteiger partial charge in [-0.15, -0.1) is 0 Å². The van der Waals surface area contributed by atoms with Crippen molar-refractivity contribution in [1.29, 1.82) is 0 Å². The van der Waals surface area contributed by atoms with Crippen molar-refractivity contribution < 1.29 is 14.2 Å². The maximum atomic E-state index is 6.39. The van der Waals surface area contributed by atoms with Crippen LogP contribution in [0.5, 0.6) is 5.75 Å². The molecule has 6 nitrogen and oxygen atoms in total. The number of nitrogens with zero attached hydrogens (tertiary/aromatic N) is 3. The van der Waals surface area contributed by atoms with Crippen molar-refractivity contribution >= 4 is 0 Å². The Labute approximate surface area is 154 Å². The second-order valence-electron chi connectivity index (χ2n) is 7.40. The van der Waals surface area contributed by atoms with Crippen molar-refractivity contribution in [3.8, 4) is 5.75 Å². The summed E-state index contributed by atoms with van der Waals surface area (Å²) in [6.07, 6.45) is 4.88. The van der Waals surface area contributed by atoms with Crippen LogP contribution < -0.4 is 4.74 Å². The predicted octanol–water partition coefficient (Wildman–Crippen LogP) is 2.20. The van der Waals surface area contributed by atoms with Gasteiger partial charge in [0.15, 0.2) is 0 Å². The average molecular weight is 357 g/mol. The number of likely N-dealkylation sites (tertiary alicyclic amines) is 1. The third-order valence-corrected chi connectivity index (χ3v) is 5.80. The van der Waals surface area contributed by atoms with Crippen molar-refractivity contribution in [2.45, 2.75) is 30.6 Å². The molecule has 0 amide bonds. The van der Waals surface area contributed by atoms with Crippen LogP contribution in [0, 0.1) is 0 Å². The van der Waals surface area contributed by atoms with Gasteiger partial charge in [0.1, 0.15) is 17.2 Å². The third-order valence-electron chi connectivity index (χ3n) is 5.80. The quantitative estimate of drug-likeness (QED) is 0.821. The van der Waals surface area contributed by atoms with Gasteiger partial charge in [0, 0.05) is 45.6 Å². The predicted molar refractivity (Wildman–Crippen MR) is 98.3 cm³/mol. The lowest BCUT2D eigenvalue weighted by atomic mass is 9.87. The first-order valence-corrected chi connectivity index (χ1v) is 9.13. The SMILES string of the molecule is COc1cccc([C@H]2CO[C@]3(C2)CN(Cc2nccn2C)C[C@H]3OC)c1. The largest absolute Gasteiger partial charge is 0.497 e. The standard InChI is InChI=1S/C20H27N3O3/c1-22-8-7-21-19(22)12-23-11-18(25-3)20(14-23)10-16(13-26-20)15-5-4-6-17(9-15)24-2/h4-9,16,18H,10-14H2,1-3H3/t16-,18-,20-/m1/s1. The molecule has 3 atom stereocenters. The zero-order valence-corrected chi connectivity index (χ0v) is 15.7. The van der Waals surface area contributed by atoms with Crippen molar-refractivity contribution in [2.75, 3.05) is 33.9 Å². The van der Waals surface area contributed by atoms with Gasteiger partial charge < -0.3 is 18.8 Å². The van der Waals surface area contributed by atoms with Crippen LogP contribution in [-0.4, -0.2) is 60.1 Å². The monoisotopic (exact) mass is 357 g/mol. The fraction of sp³-hybridized carbons (Fsp3) is 0.550. The van der Waals surface area contributed by atoms with Crippen LogP contribution in [0.4, 0.5) is 0 Å². The summed E-state index contributed by atoms with van der Waals surface area (Å²) >= 11 is 0. The highest BCUT2D eigenvalue weighted by molar-refractivity contribution is 5.32. The van der Waals surface area contributed by atoms with E-state index in [4.69, 9.17) is 14.2 Å². The molecular weight excluding hydrogens is 330 g/mol. The topological polar surface area (TPSA) is 48.8 Å². The molecule has 26 heavy (non-hydrogen) atoms. The summed E-state index contributed by atoms with van der Waals surface area (Å²) in [4.78, 5) is 6.85. The number of hydrogen-bond acceptors (Lipinski definition) is 5. The molecule has 3 heterocycles. The zero-order valence-electron chi connectivity index (χ0n) is 15.7. The van der Waals surface area contributed by atoms with Gasteiger partial charge in [0.05, 0.1) is 26.4 Å². The Balaban J connectivity index is 1.49. The Morgan fingerprint density at radius 3 is 2.96 bits per heavy atom. The number of benzene rings is 1. The van der Waals surface area contributed by atoms with Crippen molar-refractivity contribution in [1.82, 2.24) is 14.5 Å².